The SMILES string of the molecule is COc1ccc(/C=C\C(=O)O)cc1S(=O)(=O)N1CCOCC1. The third-order valence-electron chi connectivity index (χ3n) is 3.19. The van der Waals surface area contributed by atoms with E-state index in [9.17, 15) is 13.2 Å². The molecule has 0 radical (unpaired) electrons. The minimum absolute atomic E-state index is 0.0180. The number of ether oxygens (including phenoxy) is 2. The molecule has 8 heteroatoms. The Hall–Kier alpha value is -1.90. The molecule has 0 unspecified atom stereocenters. The molecule has 7 nitrogen and oxygen atoms in total. The lowest BCUT2D eigenvalue weighted by molar-refractivity contribution is -0.131. The van der Waals surface area contributed by atoms with Crippen LogP contribution in [0.5, 0.6) is 5.75 Å². The lowest BCUT2D eigenvalue weighted by atomic mass is 10.2. The number of hydrogen-bond donors (Lipinski definition) is 1. The van der Waals surface area contributed by atoms with Gasteiger partial charge in [0.05, 0.1) is 20.3 Å². The molecule has 0 amide bonds. The van der Waals surface area contributed by atoms with Crippen LogP contribution in [0.2, 0.25) is 0 Å². The number of nitrogens with zero attached hydrogens (tertiary/aromatic N) is 1. The van der Waals surface area contributed by atoms with Gasteiger partial charge < -0.3 is 14.6 Å². The van der Waals surface area contributed by atoms with Gasteiger partial charge in [-0.25, -0.2) is 13.2 Å². The molecule has 1 heterocycles. The van der Waals surface area contributed by atoms with Gasteiger partial charge in [0.2, 0.25) is 10.0 Å². The standard InChI is InChI=1S/C14H17NO6S/c1-20-12-4-2-11(3-5-14(16)17)10-13(12)22(18,19)15-6-8-21-9-7-15/h2-5,10H,6-9H2,1H3,(H,16,17)/b5-3-. The molecular weight excluding hydrogens is 310 g/mol. The predicted octanol–water partition coefficient (Wildman–Crippen LogP) is 0.814. The van der Waals surface area contributed by atoms with E-state index in [1.807, 2.05) is 0 Å². The average molecular weight is 327 g/mol. The fraction of sp³-hybridized carbons (Fsp3) is 0.357. The van der Waals surface area contributed by atoms with Crippen LogP contribution in [0.4, 0.5) is 0 Å². The third kappa shape index (κ3) is 3.65. The Balaban J connectivity index is 2.42. The number of rotatable bonds is 5. The van der Waals surface area contributed by atoms with Crippen molar-refractivity contribution in [2.45, 2.75) is 4.90 Å². The number of carbonyl (C=O) groups is 1. The van der Waals surface area contributed by atoms with Gasteiger partial charge in [-0.05, 0) is 23.8 Å². The Morgan fingerprint density at radius 2 is 2.05 bits per heavy atom. The van der Waals surface area contributed by atoms with Gasteiger partial charge in [-0.1, -0.05) is 6.07 Å². The van der Waals surface area contributed by atoms with Crippen LogP contribution in [0.15, 0.2) is 29.2 Å². The monoisotopic (exact) mass is 327 g/mol. The second-order valence-corrected chi connectivity index (χ2v) is 6.50. The molecule has 0 saturated carbocycles. The van der Waals surface area contributed by atoms with Gasteiger partial charge in [-0.15, -0.1) is 0 Å². The first kappa shape index (κ1) is 16.5. The first-order chi connectivity index (χ1) is 10.4. The van der Waals surface area contributed by atoms with E-state index in [4.69, 9.17) is 14.6 Å². The molecular formula is C14H17NO6S. The maximum Gasteiger partial charge on any atom is 0.328 e. The summed E-state index contributed by atoms with van der Waals surface area (Å²) in [5, 5.41) is 8.66. The van der Waals surface area contributed by atoms with Crippen molar-refractivity contribution in [1.82, 2.24) is 4.31 Å². The highest BCUT2D eigenvalue weighted by Gasteiger charge is 2.29. The summed E-state index contributed by atoms with van der Waals surface area (Å²) >= 11 is 0. The second kappa shape index (κ2) is 6.91. The Bertz CT molecular complexity index is 677. The molecule has 22 heavy (non-hydrogen) atoms. The average Bonchev–Trinajstić information content (AvgIpc) is 2.53. The molecule has 1 fully saturated rings. The fourth-order valence-corrected chi connectivity index (χ4v) is 3.69. The highest BCUT2D eigenvalue weighted by atomic mass is 32.2. The maximum absolute atomic E-state index is 12.7. The van der Waals surface area contributed by atoms with Crippen molar-refractivity contribution < 1.29 is 27.8 Å². The summed E-state index contributed by atoms with van der Waals surface area (Å²) in [6.45, 7) is 1.25. The van der Waals surface area contributed by atoms with E-state index >= 15 is 0 Å². The van der Waals surface area contributed by atoms with Crippen molar-refractivity contribution in [3.63, 3.8) is 0 Å². The van der Waals surface area contributed by atoms with Gasteiger partial charge in [-0.2, -0.15) is 4.31 Å². The highest BCUT2D eigenvalue weighted by molar-refractivity contribution is 7.89. The minimum Gasteiger partial charge on any atom is -0.495 e. The summed E-state index contributed by atoms with van der Waals surface area (Å²) < 4.78 is 37.0. The molecule has 1 aliphatic rings. The Labute approximate surface area is 128 Å². The van der Waals surface area contributed by atoms with E-state index < -0.39 is 16.0 Å². The van der Waals surface area contributed by atoms with Gasteiger partial charge in [0.1, 0.15) is 10.6 Å². The molecule has 0 aliphatic carbocycles. The zero-order valence-corrected chi connectivity index (χ0v) is 12.9. The van der Waals surface area contributed by atoms with Crippen molar-refractivity contribution in [2.75, 3.05) is 33.4 Å². The largest absolute Gasteiger partial charge is 0.495 e. The molecule has 0 bridgehead atoms. The zero-order chi connectivity index (χ0) is 16.2. The maximum atomic E-state index is 12.7. The molecule has 1 aromatic rings. The summed E-state index contributed by atoms with van der Waals surface area (Å²) in [5.41, 5.74) is 0.468. The number of morpholine rings is 1. The number of methoxy groups -OCH3 is 1. The fourth-order valence-electron chi connectivity index (χ4n) is 2.09. The number of carboxylic acid groups (broad SMARTS) is 1. The van der Waals surface area contributed by atoms with Gasteiger partial charge in [-0.3, -0.25) is 0 Å². The quantitative estimate of drug-likeness (QED) is 0.805. The van der Waals surface area contributed by atoms with Gasteiger partial charge >= 0.3 is 5.97 Å². The Morgan fingerprint density at radius 1 is 1.36 bits per heavy atom. The highest BCUT2D eigenvalue weighted by Crippen LogP contribution is 2.28. The van der Waals surface area contributed by atoms with Crippen LogP contribution in [0.1, 0.15) is 5.56 Å². The first-order valence-corrected chi connectivity index (χ1v) is 8.06. The Kier molecular flexibility index (Phi) is 5.17. The first-order valence-electron chi connectivity index (χ1n) is 6.62. The topological polar surface area (TPSA) is 93.1 Å². The lowest BCUT2D eigenvalue weighted by Gasteiger charge is -2.26. The van der Waals surface area contributed by atoms with Crippen LogP contribution in [0.25, 0.3) is 6.08 Å². The molecule has 0 aromatic heterocycles. The summed E-state index contributed by atoms with van der Waals surface area (Å²) in [7, 11) is -2.33. The number of sulfonamides is 1. The number of aliphatic carboxylic acids is 1. The summed E-state index contributed by atoms with van der Waals surface area (Å²) in [6, 6.07) is 4.51. The molecule has 2 rings (SSSR count). The van der Waals surface area contributed by atoms with E-state index in [-0.39, 0.29) is 23.7 Å². The molecule has 1 aromatic carbocycles. The van der Waals surface area contributed by atoms with Gasteiger partial charge in [0.15, 0.2) is 0 Å². The molecule has 120 valence electrons. The lowest BCUT2D eigenvalue weighted by Crippen LogP contribution is -2.40. The van der Waals surface area contributed by atoms with Crippen LogP contribution < -0.4 is 4.74 Å². The molecule has 0 spiro atoms. The minimum atomic E-state index is -3.72. The summed E-state index contributed by atoms with van der Waals surface area (Å²) in [5.74, 6) is -0.882. The van der Waals surface area contributed by atoms with Crippen molar-refractivity contribution in [1.29, 1.82) is 0 Å². The molecule has 1 aliphatic heterocycles. The van der Waals surface area contributed by atoms with Gasteiger partial charge in [0, 0.05) is 19.2 Å². The number of hydrogen-bond acceptors (Lipinski definition) is 5. The van der Waals surface area contributed by atoms with E-state index in [0.29, 0.717) is 18.8 Å². The molecule has 1 N–H and O–H groups in total. The normalized spacial score (nSPS) is 16.8. The van der Waals surface area contributed by atoms with E-state index in [1.165, 1.54) is 29.6 Å². The van der Waals surface area contributed by atoms with Crippen molar-refractivity contribution in [3.05, 3.63) is 29.8 Å². The molecule has 1 saturated heterocycles. The smallest absolute Gasteiger partial charge is 0.328 e. The van der Waals surface area contributed by atoms with Crippen LogP contribution in [0.3, 0.4) is 0 Å². The third-order valence-corrected chi connectivity index (χ3v) is 5.11. The van der Waals surface area contributed by atoms with Crippen molar-refractivity contribution in [2.24, 2.45) is 0 Å². The molecule has 0 atom stereocenters. The van der Waals surface area contributed by atoms with Crippen molar-refractivity contribution >= 4 is 22.1 Å². The van der Waals surface area contributed by atoms with E-state index in [0.717, 1.165) is 6.08 Å². The predicted molar refractivity (Wildman–Crippen MR) is 79.2 cm³/mol. The zero-order valence-electron chi connectivity index (χ0n) is 12.1. The van der Waals surface area contributed by atoms with Crippen LogP contribution in [0, 0.1) is 0 Å². The van der Waals surface area contributed by atoms with Gasteiger partial charge in [0.25, 0.3) is 0 Å². The number of carboxylic acids is 1. The van der Waals surface area contributed by atoms with Crippen molar-refractivity contribution in [3.8, 4) is 5.75 Å². The van der Waals surface area contributed by atoms with E-state index in [2.05, 4.69) is 0 Å². The second-order valence-electron chi connectivity index (χ2n) is 4.60. The summed E-state index contributed by atoms with van der Waals surface area (Å²) in [4.78, 5) is 10.6. The Morgan fingerprint density at radius 3 is 2.64 bits per heavy atom. The van der Waals surface area contributed by atoms with Crippen LogP contribution in [-0.2, 0) is 19.6 Å². The van der Waals surface area contributed by atoms with Crippen LogP contribution in [-0.4, -0.2) is 57.2 Å². The van der Waals surface area contributed by atoms with E-state index in [1.54, 1.807) is 6.07 Å². The summed E-state index contributed by atoms with van der Waals surface area (Å²) in [6.07, 6.45) is 2.28. The van der Waals surface area contributed by atoms with Crippen LogP contribution >= 0.6 is 0 Å². The number of benzene rings is 1.